The highest BCUT2D eigenvalue weighted by molar-refractivity contribution is 5.99. The Hall–Kier alpha value is -8.78. The van der Waals surface area contributed by atoms with E-state index < -0.39 is 132 Å². The van der Waals surface area contributed by atoms with Crippen LogP contribution in [0.25, 0.3) is 10.9 Å². The van der Waals surface area contributed by atoms with Crippen molar-refractivity contribution in [3.8, 4) is 0 Å². The SMILES string of the molecule is C[C@@H]1NC(=O)CCC(=O)NCc2ccc(cc2)CCNC(=O)[C@]2(C)CCCN2C(=O)CNC(=O)[C@H]([C@@H](C)O)NC(=O)[C@@H]2CCC(=O)NCc3cccc(c3)C[C@H](NC(=O)[C@@H](CN)NC1=O)C(=O)N[C@@H](Cc1c[nH]c3ccc(F)cc13)C(=O)N2C. The van der Waals surface area contributed by atoms with Crippen LogP contribution in [0.3, 0.4) is 0 Å². The topological polar surface area (TPSA) is 365 Å². The van der Waals surface area contributed by atoms with Crippen molar-refractivity contribution in [1.29, 1.82) is 0 Å². The van der Waals surface area contributed by atoms with Crippen LogP contribution in [-0.2, 0) is 85.1 Å². The molecule has 0 radical (unpaired) electrons. The average molecular weight is 1160 g/mol. The lowest BCUT2D eigenvalue weighted by Crippen LogP contribution is -2.62. The number of halogens is 1. The van der Waals surface area contributed by atoms with Gasteiger partial charge in [-0.15, -0.1) is 0 Å². The summed E-state index contributed by atoms with van der Waals surface area (Å²) in [4.78, 5) is 158. The predicted molar refractivity (Wildman–Crippen MR) is 302 cm³/mol. The summed E-state index contributed by atoms with van der Waals surface area (Å²) < 4.78 is 14.8. The maximum atomic E-state index is 15.1. The quantitative estimate of drug-likeness (QED) is 0.102. The molecule has 5 heterocycles. The molecule has 8 atom stereocenters. The lowest BCUT2D eigenvalue weighted by atomic mass is 9.97. The van der Waals surface area contributed by atoms with Crippen molar-refractivity contribution in [3.05, 3.63) is 107 Å². The Balaban J connectivity index is 1.21. The average Bonchev–Trinajstić information content (AvgIpc) is 4.31. The summed E-state index contributed by atoms with van der Waals surface area (Å²) in [5, 5.41) is 35.1. The van der Waals surface area contributed by atoms with Crippen LogP contribution in [0.5, 0.6) is 0 Å². The maximum Gasteiger partial charge on any atom is 0.245 e. The van der Waals surface area contributed by atoms with E-state index in [9.17, 15) is 57.4 Å². The van der Waals surface area contributed by atoms with E-state index in [1.165, 1.54) is 50.2 Å². The third-order valence-electron chi connectivity index (χ3n) is 15.4. The molecule has 0 spiro atoms. The lowest BCUT2D eigenvalue weighted by molar-refractivity contribution is -0.145. The number of H-pyrrole nitrogens is 1. The second-order valence-electron chi connectivity index (χ2n) is 21.7. The van der Waals surface area contributed by atoms with Crippen LogP contribution in [0.2, 0.25) is 0 Å². The van der Waals surface area contributed by atoms with E-state index in [4.69, 9.17) is 5.73 Å². The first-order valence-corrected chi connectivity index (χ1v) is 28.0. The zero-order chi connectivity index (χ0) is 60.8. The van der Waals surface area contributed by atoms with Crippen molar-refractivity contribution in [2.45, 2.75) is 140 Å². The van der Waals surface area contributed by atoms with Gasteiger partial charge in [0, 0.05) is 89.0 Å². The molecule has 8 rings (SSSR count). The number of rotatable bonds is 4. The second kappa shape index (κ2) is 28.5. The molecule has 450 valence electrons. The summed E-state index contributed by atoms with van der Waals surface area (Å²) >= 11 is 0. The van der Waals surface area contributed by atoms with Gasteiger partial charge in [0.1, 0.15) is 47.6 Å². The number of amides is 11. The Morgan fingerprint density at radius 2 is 1.37 bits per heavy atom. The smallest absolute Gasteiger partial charge is 0.245 e. The van der Waals surface area contributed by atoms with Gasteiger partial charge in [0.15, 0.2) is 0 Å². The zero-order valence-corrected chi connectivity index (χ0v) is 47.4. The van der Waals surface area contributed by atoms with E-state index in [0.717, 1.165) is 16.0 Å². The summed E-state index contributed by atoms with van der Waals surface area (Å²) in [6.45, 7) is 3.61. The summed E-state index contributed by atoms with van der Waals surface area (Å²) in [6, 6.07) is 8.75. The molecule has 1 saturated heterocycles. The van der Waals surface area contributed by atoms with E-state index in [1.54, 1.807) is 43.3 Å². The summed E-state index contributed by atoms with van der Waals surface area (Å²) in [6.07, 6.45) is -0.629. The van der Waals surface area contributed by atoms with Crippen molar-refractivity contribution in [2.24, 2.45) is 5.73 Å². The summed E-state index contributed by atoms with van der Waals surface area (Å²) in [5.74, 6) is -8.88. The number of aromatic nitrogens is 1. The molecule has 26 heteroatoms. The fourth-order valence-electron chi connectivity index (χ4n) is 10.4. The van der Waals surface area contributed by atoms with E-state index in [2.05, 4.69) is 52.8 Å². The molecular weight excluding hydrogens is 1090 g/mol. The van der Waals surface area contributed by atoms with Gasteiger partial charge < -0.3 is 73.5 Å². The third-order valence-corrected chi connectivity index (χ3v) is 15.4. The number of aromatic amines is 1. The summed E-state index contributed by atoms with van der Waals surface area (Å²) in [5.41, 5.74) is 8.27. The molecule has 1 aromatic heterocycles. The number of fused-ring (bicyclic) bond motifs is 26. The molecule has 0 aliphatic carbocycles. The molecule has 4 aromatic rings. The van der Waals surface area contributed by atoms with Crippen LogP contribution < -0.4 is 53.6 Å². The third kappa shape index (κ3) is 16.3. The fraction of sp³-hybridized carbons (Fsp3) is 0.466. The molecule has 13 N–H and O–H groups in total. The molecule has 1 fully saturated rings. The minimum absolute atomic E-state index is 0.0309. The first-order valence-electron chi connectivity index (χ1n) is 28.0. The molecule has 0 saturated carbocycles. The Morgan fingerprint density at radius 3 is 2.10 bits per heavy atom. The first kappa shape index (κ1) is 62.8. The highest BCUT2D eigenvalue weighted by atomic mass is 19.1. The Morgan fingerprint density at radius 1 is 0.690 bits per heavy atom. The first-order chi connectivity index (χ1) is 40.0. The van der Waals surface area contributed by atoms with Gasteiger partial charge in [-0.05, 0) is 92.5 Å². The van der Waals surface area contributed by atoms with Crippen LogP contribution in [0.15, 0.2) is 72.9 Å². The standard InChI is InChI=1S/C58H74FN13O12/c1-32-51(78)69-44(27-60)53(80)67-42-24-36-7-5-8-37(23-36)29-64-46(74)16-15-45(71(4)56(83)43(68-52(42)79)25-38-30-62-41-14-13-39(59)26-40(38)41)54(81)70-50(33(2)73)55(82)65-31-49(77)72-22-6-20-58(72,3)57(84)61-21-19-34-9-11-35(12-10-34)28-63-47(75)17-18-48(76)66-32/h5,7-14,23,26,30,32-33,42-45,50,62,73H,6,15-22,24-25,27-29,31,60H2,1-4H3,(H,61,84)(H,63,75)(H,64,74)(H,65,82)(H,66,76)(H,67,80)(H,68,79)(H,69,78)(H,70,81)/t32-,33+,42-,43-,44+,45-,50-,58-/m0/s1. The maximum absolute atomic E-state index is 15.1. The monoisotopic (exact) mass is 1160 g/mol. The number of nitrogens with zero attached hydrogens (tertiary/aromatic N) is 2. The molecule has 4 aliphatic rings. The van der Waals surface area contributed by atoms with Crippen LogP contribution in [-0.4, -0.2) is 166 Å². The van der Waals surface area contributed by atoms with Gasteiger partial charge >= 0.3 is 0 Å². The molecule has 4 aliphatic heterocycles. The molecular formula is C58H74FN13O12. The number of likely N-dealkylation sites (N-methyl/N-ethyl adjacent to an activating group) is 1. The molecule has 0 unspecified atom stereocenters. The lowest BCUT2D eigenvalue weighted by Gasteiger charge is -2.34. The van der Waals surface area contributed by atoms with E-state index in [-0.39, 0.29) is 64.7 Å². The van der Waals surface area contributed by atoms with Crippen molar-refractivity contribution < 1.29 is 62.2 Å². The number of nitrogens with two attached hydrogens (primary N) is 1. The molecule has 3 aromatic carbocycles. The largest absolute Gasteiger partial charge is 0.391 e. The number of hydrogen-bond donors (Lipinski definition) is 12. The molecule has 6 bridgehead atoms. The van der Waals surface area contributed by atoms with E-state index in [1.807, 2.05) is 12.1 Å². The highest BCUT2D eigenvalue weighted by Gasteiger charge is 2.46. The molecule has 84 heavy (non-hydrogen) atoms. The predicted octanol–water partition coefficient (Wildman–Crippen LogP) is -1.62. The van der Waals surface area contributed by atoms with Crippen molar-refractivity contribution >= 4 is 75.9 Å². The van der Waals surface area contributed by atoms with E-state index >= 15 is 4.79 Å². The van der Waals surface area contributed by atoms with Crippen molar-refractivity contribution in [3.63, 3.8) is 0 Å². The minimum atomic E-state index is -1.73. The van der Waals surface area contributed by atoms with Crippen LogP contribution >= 0.6 is 0 Å². The Labute approximate surface area is 484 Å². The van der Waals surface area contributed by atoms with Gasteiger partial charge in [-0.3, -0.25) is 52.7 Å². The van der Waals surface area contributed by atoms with Crippen LogP contribution in [0.4, 0.5) is 4.39 Å². The van der Waals surface area contributed by atoms with E-state index in [0.29, 0.717) is 46.9 Å². The molecule has 11 amide bonds. The van der Waals surface area contributed by atoms with Gasteiger partial charge in [0.05, 0.1) is 12.6 Å². The number of aliphatic hydroxyl groups is 1. The number of nitrogens with one attached hydrogen (secondary N) is 10. The number of hydrogen-bond acceptors (Lipinski definition) is 13. The van der Waals surface area contributed by atoms with Gasteiger partial charge in [0.2, 0.25) is 65.0 Å². The zero-order valence-electron chi connectivity index (χ0n) is 47.4. The second-order valence-corrected chi connectivity index (χ2v) is 21.7. The number of aliphatic hydroxyl groups excluding tert-OH is 1. The highest BCUT2D eigenvalue weighted by Crippen LogP contribution is 2.29. The van der Waals surface area contributed by atoms with Crippen molar-refractivity contribution in [2.75, 3.05) is 33.2 Å². The van der Waals surface area contributed by atoms with Crippen LogP contribution in [0.1, 0.15) is 87.1 Å². The minimum Gasteiger partial charge on any atom is -0.391 e. The van der Waals surface area contributed by atoms with Crippen LogP contribution in [0, 0.1) is 5.82 Å². The van der Waals surface area contributed by atoms with Crippen molar-refractivity contribution in [1.82, 2.24) is 62.6 Å². The van der Waals surface area contributed by atoms with Gasteiger partial charge in [-0.25, -0.2) is 4.39 Å². The number of benzene rings is 3. The summed E-state index contributed by atoms with van der Waals surface area (Å²) in [7, 11) is 1.23. The molecule has 25 nitrogen and oxygen atoms in total. The Kier molecular flexibility index (Phi) is 21.3. The number of carbonyl (C=O) groups excluding carboxylic acids is 11. The normalized spacial score (nSPS) is 25.4. The number of carbonyl (C=O) groups is 11. The van der Waals surface area contributed by atoms with Gasteiger partial charge in [-0.1, -0.05) is 48.5 Å². The Bertz CT molecular complexity index is 3140. The fourth-order valence-corrected chi connectivity index (χ4v) is 10.4. The van der Waals surface area contributed by atoms with Gasteiger partial charge in [0.25, 0.3) is 0 Å². The van der Waals surface area contributed by atoms with Gasteiger partial charge in [-0.2, -0.15) is 0 Å².